The second-order valence-corrected chi connectivity index (χ2v) is 12.5. The lowest BCUT2D eigenvalue weighted by Gasteiger charge is -2.29. The van der Waals surface area contributed by atoms with Crippen LogP contribution in [0.15, 0.2) is 66.9 Å². The molecule has 4 aromatic rings. The Labute approximate surface area is 261 Å². The van der Waals surface area contributed by atoms with Gasteiger partial charge >= 0.3 is 0 Å². The van der Waals surface area contributed by atoms with Gasteiger partial charge in [0.05, 0.1) is 46.3 Å². The Bertz CT molecular complexity index is 1670. The molecule has 1 aliphatic heterocycles. The first-order chi connectivity index (χ1) is 19.9. The van der Waals surface area contributed by atoms with Crippen LogP contribution in [0.25, 0.3) is 5.69 Å². The van der Waals surface area contributed by atoms with Gasteiger partial charge in [0.25, 0.3) is 0 Å². The molecule has 1 amide bonds. The quantitative estimate of drug-likeness (QED) is 0.213. The molecule has 0 unspecified atom stereocenters. The van der Waals surface area contributed by atoms with E-state index in [2.05, 4.69) is 38.1 Å². The lowest BCUT2D eigenvalue weighted by Crippen LogP contribution is -2.30. The van der Waals surface area contributed by atoms with E-state index < -0.39 is 5.41 Å². The van der Waals surface area contributed by atoms with Crippen molar-refractivity contribution in [1.29, 1.82) is 0 Å². The standard InChI is InChI=1S/C32H33Cl2N5O2S/c1-18-16-21(19(2)38(18)25-12-9-10-22(33)27(25)34)29-28(24-11-7-8-15-35-24)37-31(42)39(29)20-13-14-23(26(17-20)41-6)36-30(40)32(3,4)5/h7-17,28-29H,1-6H3,(H,36,40)(H,37,42)/t28-,29-/m1/s1. The summed E-state index contributed by atoms with van der Waals surface area (Å²) in [7, 11) is 1.59. The molecule has 3 heterocycles. The summed E-state index contributed by atoms with van der Waals surface area (Å²) in [5, 5.41) is 8.04. The first-order valence-corrected chi connectivity index (χ1v) is 14.7. The number of hydrogen-bond acceptors (Lipinski definition) is 4. The van der Waals surface area contributed by atoms with Crippen LogP contribution in [0.4, 0.5) is 11.4 Å². The Balaban J connectivity index is 1.64. The van der Waals surface area contributed by atoms with Crippen LogP contribution in [0.3, 0.4) is 0 Å². The van der Waals surface area contributed by atoms with Crippen molar-refractivity contribution >= 4 is 57.8 Å². The highest BCUT2D eigenvalue weighted by atomic mass is 35.5. The molecule has 10 heteroatoms. The van der Waals surface area contributed by atoms with Gasteiger partial charge in [-0.2, -0.15) is 0 Å². The molecule has 1 aliphatic rings. The minimum Gasteiger partial charge on any atom is -0.494 e. The second-order valence-electron chi connectivity index (χ2n) is 11.3. The van der Waals surface area contributed by atoms with E-state index in [-0.39, 0.29) is 18.0 Å². The van der Waals surface area contributed by atoms with Gasteiger partial charge in [0.2, 0.25) is 5.91 Å². The summed E-state index contributed by atoms with van der Waals surface area (Å²) in [5.41, 5.74) is 5.56. The lowest BCUT2D eigenvalue weighted by atomic mass is 9.95. The van der Waals surface area contributed by atoms with Crippen LogP contribution in [0, 0.1) is 19.3 Å². The van der Waals surface area contributed by atoms with Crippen LogP contribution < -0.4 is 20.3 Å². The fourth-order valence-electron chi connectivity index (χ4n) is 5.31. The summed E-state index contributed by atoms with van der Waals surface area (Å²) in [6.45, 7) is 9.72. The van der Waals surface area contributed by atoms with Crippen molar-refractivity contribution < 1.29 is 9.53 Å². The molecular formula is C32H33Cl2N5O2S. The van der Waals surface area contributed by atoms with E-state index in [9.17, 15) is 4.79 Å². The van der Waals surface area contributed by atoms with Crippen molar-refractivity contribution in [3.63, 3.8) is 0 Å². The van der Waals surface area contributed by atoms with E-state index in [4.69, 9.17) is 40.2 Å². The highest BCUT2D eigenvalue weighted by Crippen LogP contribution is 2.45. The molecule has 2 aromatic carbocycles. The molecule has 1 fully saturated rings. The largest absolute Gasteiger partial charge is 0.494 e. The normalized spacial score (nSPS) is 16.9. The number of pyridine rings is 1. The number of thiocarbonyl (C=S) groups is 1. The van der Waals surface area contributed by atoms with E-state index in [0.29, 0.717) is 26.6 Å². The van der Waals surface area contributed by atoms with Crippen LogP contribution in [0.1, 0.15) is 55.5 Å². The van der Waals surface area contributed by atoms with Crippen LogP contribution >= 0.6 is 35.4 Å². The highest BCUT2D eigenvalue weighted by molar-refractivity contribution is 7.80. The molecular weight excluding hydrogens is 589 g/mol. The van der Waals surface area contributed by atoms with E-state index in [1.54, 1.807) is 19.4 Å². The average molecular weight is 623 g/mol. The van der Waals surface area contributed by atoms with E-state index in [1.165, 1.54) is 0 Å². The Morgan fingerprint density at radius 1 is 1.07 bits per heavy atom. The number of carbonyl (C=O) groups is 1. The average Bonchev–Trinajstić information content (AvgIpc) is 3.45. The van der Waals surface area contributed by atoms with Gasteiger partial charge in [-0.15, -0.1) is 0 Å². The van der Waals surface area contributed by atoms with Crippen LogP contribution in [0.5, 0.6) is 5.75 Å². The van der Waals surface area contributed by atoms with Gasteiger partial charge in [-0.25, -0.2) is 0 Å². The number of ether oxygens (including phenoxy) is 1. The van der Waals surface area contributed by atoms with Gasteiger partial charge in [-0.05, 0) is 74.1 Å². The molecule has 0 bridgehead atoms. The number of anilines is 2. The Morgan fingerprint density at radius 3 is 2.50 bits per heavy atom. The number of nitrogens with one attached hydrogen (secondary N) is 2. The number of methoxy groups -OCH3 is 1. The van der Waals surface area contributed by atoms with Crippen molar-refractivity contribution in [2.75, 3.05) is 17.3 Å². The topological polar surface area (TPSA) is 71.4 Å². The number of aromatic nitrogens is 2. The summed E-state index contributed by atoms with van der Waals surface area (Å²) in [4.78, 5) is 19.5. The monoisotopic (exact) mass is 621 g/mol. The summed E-state index contributed by atoms with van der Waals surface area (Å²) in [6, 6.07) is 18.8. The highest BCUT2D eigenvalue weighted by Gasteiger charge is 2.42. The number of halogens is 2. The van der Waals surface area contributed by atoms with Crippen LogP contribution in [-0.4, -0.2) is 27.7 Å². The number of rotatable bonds is 6. The van der Waals surface area contributed by atoms with Crippen molar-refractivity contribution in [3.8, 4) is 11.4 Å². The molecule has 0 saturated carbocycles. The number of benzene rings is 2. The van der Waals surface area contributed by atoms with Gasteiger partial charge in [-0.3, -0.25) is 9.78 Å². The van der Waals surface area contributed by atoms with Crippen molar-refractivity contribution in [2.24, 2.45) is 5.41 Å². The molecule has 42 heavy (non-hydrogen) atoms. The third-order valence-corrected chi connectivity index (χ3v) is 8.58. The third-order valence-electron chi connectivity index (χ3n) is 7.45. The molecule has 1 saturated heterocycles. The summed E-state index contributed by atoms with van der Waals surface area (Å²) in [6.07, 6.45) is 1.78. The van der Waals surface area contributed by atoms with Crippen molar-refractivity contribution in [2.45, 2.75) is 46.7 Å². The minimum absolute atomic E-state index is 0.105. The predicted octanol–water partition coefficient (Wildman–Crippen LogP) is 7.97. The first kappa shape index (κ1) is 29.9. The van der Waals surface area contributed by atoms with Gasteiger partial charge in [-0.1, -0.05) is 56.1 Å². The molecule has 2 atom stereocenters. The Kier molecular flexibility index (Phi) is 8.25. The maximum Gasteiger partial charge on any atom is 0.229 e. The van der Waals surface area contributed by atoms with Crippen molar-refractivity contribution in [1.82, 2.24) is 14.9 Å². The number of hydrogen-bond donors (Lipinski definition) is 2. The molecule has 0 radical (unpaired) electrons. The summed E-state index contributed by atoms with van der Waals surface area (Å²) in [5.74, 6) is 0.427. The van der Waals surface area contributed by atoms with E-state index in [1.807, 2.05) is 76.2 Å². The summed E-state index contributed by atoms with van der Waals surface area (Å²) >= 11 is 19.0. The predicted molar refractivity (Wildman–Crippen MR) is 174 cm³/mol. The maximum atomic E-state index is 12.7. The second kappa shape index (κ2) is 11.6. The van der Waals surface area contributed by atoms with E-state index in [0.717, 1.165) is 34.0 Å². The molecule has 0 aliphatic carbocycles. The number of carbonyl (C=O) groups excluding carboxylic acids is 1. The smallest absolute Gasteiger partial charge is 0.229 e. The number of nitrogens with zero attached hydrogens (tertiary/aromatic N) is 3. The lowest BCUT2D eigenvalue weighted by molar-refractivity contribution is -0.123. The molecule has 2 aromatic heterocycles. The van der Waals surface area contributed by atoms with Crippen LogP contribution in [-0.2, 0) is 4.79 Å². The minimum atomic E-state index is -0.556. The zero-order chi connectivity index (χ0) is 30.3. The molecule has 0 spiro atoms. The van der Waals surface area contributed by atoms with Gasteiger partial charge in [0, 0.05) is 34.8 Å². The zero-order valence-corrected chi connectivity index (χ0v) is 26.7. The van der Waals surface area contributed by atoms with Gasteiger partial charge in [0.15, 0.2) is 5.11 Å². The van der Waals surface area contributed by atoms with E-state index >= 15 is 0 Å². The zero-order valence-electron chi connectivity index (χ0n) is 24.3. The molecule has 218 valence electrons. The van der Waals surface area contributed by atoms with Crippen LogP contribution in [0.2, 0.25) is 10.0 Å². The SMILES string of the molecule is COc1cc(N2C(=S)N[C@H](c3ccccn3)[C@H]2c2cc(C)n(-c3cccc(Cl)c3Cl)c2C)ccc1NC(=O)C(C)(C)C. The fourth-order valence-corrected chi connectivity index (χ4v) is 6.04. The van der Waals surface area contributed by atoms with Crippen molar-refractivity contribution in [3.05, 3.63) is 99.6 Å². The Morgan fingerprint density at radius 2 is 1.83 bits per heavy atom. The van der Waals surface area contributed by atoms with Gasteiger partial charge in [0.1, 0.15) is 5.75 Å². The molecule has 7 nitrogen and oxygen atoms in total. The third kappa shape index (κ3) is 5.46. The number of aryl methyl sites for hydroxylation is 1. The molecule has 2 N–H and O–H groups in total. The fraction of sp³-hybridized carbons (Fsp3) is 0.281. The Hall–Kier alpha value is -3.59. The molecule has 5 rings (SSSR count). The first-order valence-electron chi connectivity index (χ1n) is 13.6. The summed E-state index contributed by atoms with van der Waals surface area (Å²) < 4.78 is 7.84. The maximum absolute atomic E-state index is 12.7. The number of amides is 1. The van der Waals surface area contributed by atoms with Gasteiger partial charge < -0.3 is 24.8 Å².